The van der Waals surface area contributed by atoms with Gasteiger partial charge in [0, 0.05) is 7.05 Å². The van der Waals surface area contributed by atoms with Crippen LogP contribution in [0.4, 0.5) is 0 Å². The number of thiazole rings is 1. The van der Waals surface area contributed by atoms with Crippen molar-refractivity contribution in [2.24, 2.45) is 0 Å². The summed E-state index contributed by atoms with van der Waals surface area (Å²) in [5, 5.41) is 1.70. The number of carbonyl (C=O) groups is 1. The zero-order valence-corrected chi connectivity index (χ0v) is 11.0. The van der Waals surface area contributed by atoms with Crippen LogP contribution in [0.15, 0.2) is 22.8 Å². The van der Waals surface area contributed by atoms with Gasteiger partial charge in [0.2, 0.25) is 5.88 Å². The zero-order valence-electron chi connectivity index (χ0n) is 10.2. The molecule has 0 N–H and O–H groups in total. The van der Waals surface area contributed by atoms with E-state index in [1.165, 1.54) is 32.6 Å². The lowest BCUT2D eigenvalue weighted by molar-refractivity contribution is -0.0755. The number of aromatic nitrogens is 1. The van der Waals surface area contributed by atoms with Gasteiger partial charge in [0.05, 0.1) is 20.5 Å². The number of amides is 1. The van der Waals surface area contributed by atoms with E-state index in [9.17, 15) is 4.79 Å². The number of hydrogen-bond donors (Lipinski definition) is 0. The molecule has 18 heavy (non-hydrogen) atoms. The summed E-state index contributed by atoms with van der Waals surface area (Å²) in [5.74, 6) is 0.544. The Labute approximate surface area is 108 Å². The van der Waals surface area contributed by atoms with E-state index in [0.29, 0.717) is 15.6 Å². The van der Waals surface area contributed by atoms with Crippen molar-refractivity contribution in [1.29, 1.82) is 0 Å². The maximum atomic E-state index is 12.0. The van der Waals surface area contributed by atoms with Crippen LogP contribution in [0.2, 0.25) is 0 Å². The van der Waals surface area contributed by atoms with Crippen LogP contribution in [-0.4, -0.2) is 37.2 Å². The highest BCUT2D eigenvalue weighted by Gasteiger charge is 2.23. The first kappa shape index (κ1) is 12.6. The molecular weight excluding hydrogens is 256 g/mol. The molecule has 0 saturated heterocycles. The van der Waals surface area contributed by atoms with Crippen molar-refractivity contribution in [2.45, 2.75) is 0 Å². The number of methoxy groups -OCH3 is 1. The van der Waals surface area contributed by atoms with Gasteiger partial charge in [-0.05, 0) is 12.1 Å². The standard InChI is InChI=1S/C11H12N2O4S/c1-13(16-3)11(14)8-9(15-2)12-10(18-8)7-5-4-6-17-7/h4-6H,1-3H3. The molecule has 96 valence electrons. The van der Waals surface area contributed by atoms with Gasteiger partial charge in [0.1, 0.15) is 0 Å². The normalized spacial score (nSPS) is 10.4. The van der Waals surface area contributed by atoms with E-state index in [1.807, 2.05) is 0 Å². The van der Waals surface area contributed by atoms with Crippen LogP contribution in [0.5, 0.6) is 5.88 Å². The molecule has 0 radical (unpaired) electrons. The van der Waals surface area contributed by atoms with Crippen LogP contribution in [0.25, 0.3) is 10.8 Å². The number of hydrogen-bond acceptors (Lipinski definition) is 6. The Kier molecular flexibility index (Phi) is 3.63. The van der Waals surface area contributed by atoms with E-state index in [0.717, 1.165) is 5.06 Å². The third kappa shape index (κ3) is 2.22. The average Bonchev–Trinajstić information content (AvgIpc) is 3.04. The lowest BCUT2D eigenvalue weighted by Gasteiger charge is -2.12. The molecule has 1 amide bonds. The van der Waals surface area contributed by atoms with Crippen LogP contribution >= 0.6 is 11.3 Å². The summed E-state index contributed by atoms with van der Waals surface area (Å²) in [6.07, 6.45) is 1.55. The average molecular weight is 268 g/mol. The summed E-state index contributed by atoms with van der Waals surface area (Å²) in [7, 11) is 4.40. The number of rotatable bonds is 4. The molecule has 0 aliphatic heterocycles. The van der Waals surface area contributed by atoms with Crippen LogP contribution < -0.4 is 4.74 Å². The van der Waals surface area contributed by atoms with E-state index in [-0.39, 0.29) is 11.8 Å². The van der Waals surface area contributed by atoms with Gasteiger partial charge >= 0.3 is 0 Å². The molecule has 0 spiro atoms. The molecule has 0 bridgehead atoms. The highest BCUT2D eigenvalue weighted by atomic mass is 32.1. The lowest BCUT2D eigenvalue weighted by Crippen LogP contribution is -2.24. The van der Waals surface area contributed by atoms with Crippen molar-refractivity contribution < 1.29 is 18.8 Å². The second-order valence-electron chi connectivity index (χ2n) is 3.32. The molecule has 0 fully saturated rings. The van der Waals surface area contributed by atoms with Crippen molar-refractivity contribution in [1.82, 2.24) is 10.0 Å². The fourth-order valence-corrected chi connectivity index (χ4v) is 2.28. The first-order chi connectivity index (χ1) is 8.67. The largest absolute Gasteiger partial charge is 0.480 e. The van der Waals surface area contributed by atoms with Crippen molar-refractivity contribution in [3.8, 4) is 16.6 Å². The SMILES string of the molecule is COc1nc(-c2ccco2)sc1C(=O)N(C)OC. The summed E-state index contributed by atoms with van der Waals surface area (Å²) in [6.45, 7) is 0. The molecular formula is C11H12N2O4S. The topological polar surface area (TPSA) is 64.8 Å². The fraction of sp³-hybridized carbons (Fsp3) is 0.273. The summed E-state index contributed by atoms with van der Waals surface area (Å²) >= 11 is 1.19. The number of furan rings is 1. The van der Waals surface area contributed by atoms with E-state index in [2.05, 4.69) is 4.98 Å². The first-order valence-electron chi connectivity index (χ1n) is 5.08. The number of ether oxygens (including phenoxy) is 1. The van der Waals surface area contributed by atoms with E-state index < -0.39 is 0 Å². The summed E-state index contributed by atoms with van der Waals surface area (Å²) in [5.41, 5.74) is 0. The van der Waals surface area contributed by atoms with Crippen LogP contribution in [0, 0.1) is 0 Å². The van der Waals surface area contributed by atoms with Gasteiger partial charge < -0.3 is 9.15 Å². The van der Waals surface area contributed by atoms with Crippen molar-refractivity contribution in [2.75, 3.05) is 21.3 Å². The number of hydroxylamine groups is 2. The van der Waals surface area contributed by atoms with Gasteiger partial charge in [-0.25, -0.2) is 5.06 Å². The predicted molar refractivity (Wildman–Crippen MR) is 65.5 cm³/mol. The number of carbonyl (C=O) groups excluding carboxylic acids is 1. The van der Waals surface area contributed by atoms with Crippen LogP contribution in [0.1, 0.15) is 9.67 Å². The Morgan fingerprint density at radius 1 is 1.50 bits per heavy atom. The molecule has 0 aliphatic carbocycles. The third-order valence-corrected chi connectivity index (χ3v) is 3.31. The highest BCUT2D eigenvalue weighted by Crippen LogP contribution is 2.33. The van der Waals surface area contributed by atoms with E-state index >= 15 is 0 Å². The Bertz CT molecular complexity index is 535. The Hall–Kier alpha value is -1.86. The smallest absolute Gasteiger partial charge is 0.292 e. The van der Waals surface area contributed by atoms with Crippen molar-refractivity contribution in [3.63, 3.8) is 0 Å². The second-order valence-corrected chi connectivity index (χ2v) is 4.32. The Balaban J connectivity index is 2.39. The molecule has 2 aromatic heterocycles. The minimum absolute atomic E-state index is 0.264. The van der Waals surface area contributed by atoms with Gasteiger partial charge in [-0.1, -0.05) is 0 Å². The van der Waals surface area contributed by atoms with Gasteiger partial charge in [0.25, 0.3) is 5.91 Å². The maximum Gasteiger partial charge on any atom is 0.292 e. The molecule has 0 saturated carbocycles. The quantitative estimate of drug-likeness (QED) is 0.794. The second kappa shape index (κ2) is 5.19. The third-order valence-electron chi connectivity index (χ3n) is 2.28. The fourth-order valence-electron chi connectivity index (χ4n) is 1.31. The van der Waals surface area contributed by atoms with Crippen LogP contribution in [0.3, 0.4) is 0 Å². The lowest BCUT2D eigenvalue weighted by atomic mass is 10.4. The molecule has 0 unspecified atom stereocenters. The monoisotopic (exact) mass is 268 g/mol. The minimum atomic E-state index is -0.315. The van der Waals surface area contributed by atoms with E-state index in [4.69, 9.17) is 14.0 Å². The van der Waals surface area contributed by atoms with Gasteiger partial charge in [0.15, 0.2) is 15.6 Å². The molecule has 6 nitrogen and oxygen atoms in total. The molecule has 2 heterocycles. The van der Waals surface area contributed by atoms with E-state index in [1.54, 1.807) is 18.4 Å². The van der Waals surface area contributed by atoms with Gasteiger partial charge in [-0.3, -0.25) is 9.63 Å². The summed E-state index contributed by atoms with van der Waals surface area (Å²) in [4.78, 5) is 21.4. The predicted octanol–water partition coefficient (Wildman–Crippen LogP) is 2.05. The highest BCUT2D eigenvalue weighted by molar-refractivity contribution is 7.17. The summed E-state index contributed by atoms with van der Waals surface area (Å²) in [6, 6.07) is 3.53. The number of nitrogens with zero attached hydrogens (tertiary/aromatic N) is 2. The van der Waals surface area contributed by atoms with Gasteiger partial charge in [-0.2, -0.15) is 4.98 Å². The molecule has 2 rings (SSSR count). The van der Waals surface area contributed by atoms with Gasteiger partial charge in [-0.15, -0.1) is 11.3 Å². The molecule has 7 heteroatoms. The molecule has 0 aromatic carbocycles. The van der Waals surface area contributed by atoms with Crippen LogP contribution in [-0.2, 0) is 4.84 Å². The molecule has 0 atom stereocenters. The minimum Gasteiger partial charge on any atom is -0.480 e. The maximum absolute atomic E-state index is 12.0. The summed E-state index contributed by atoms with van der Waals surface area (Å²) < 4.78 is 10.3. The Morgan fingerprint density at radius 3 is 2.83 bits per heavy atom. The molecule has 2 aromatic rings. The zero-order chi connectivity index (χ0) is 13.1. The first-order valence-corrected chi connectivity index (χ1v) is 5.90. The molecule has 0 aliphatic rings. The van der Waals surface area contributed by atoms with Crippen molar-refractivity contribution >= 4 is 17.2 Å². The Morgan fingerprint density at radius 2 is 2.28 bits per heavy atom. The van der Waals surface area contributed by atoms with Crippen molar-refractivity contribution in [3.05, 3.63) is 23.3 Å².